The molecule has 0 radical (unpaired) electrons. The van der Waals surface area contributed by atoms with Crippen molar-refractivity contribution in [2.75, 3.05) is 4.31 Å². The fourth-order valence-electron chi connectivity index (χ4n) is 2.78. The zero-order valence-electron chi connectivity index (χ0n) is 16.4. The quantitative estimate of drug-likeness (QED) is 0.323. The molecule has 2 aromatic rings. The molecule has 0 bridgehead atoms. The van der Waals surface area contributed by atoms with Crippen LogP contribution >= 0.6 is 30.3 Å². The average Bonchev–Trinajstić information content (AvgIpc) is 3.19. The molecule has 0 unspecified atom stereocenters. The smallest absolute Gasteiger partial charge is 0.472 e. The van der Waals surface area contributed by atoms with Gasteiger partial charge in [0.05, 0.1) is 23.7 Å². The second kappa shape index (κ2) is 7.81. The predicted molar refractivity (Wildman–Crippen MR) is 121 cm³/mol. The molecular weight excluding hydrogens is 474 g/mol. The molecule has 0 atom stereocenters. The maximum Gasteiger partial charge on any atom is 0.496 e. The van der Waals surface area contributed by atoms with Crippen molar-refractivity contribution >= 4 is 54.3 Å². The number of allylic oxidation sites excluding steroid dienone is 1. The first kappa shape index (κ1) is 20.8. The molecule has 1 aliphatic rings. The van der Waals surface area contributed by atoms with Crippen molar-refractivity contribution in [3.05, 3.63) is 48.2 Å². The summed E-state index contributed by atoms with van der Waals surface area (Å²) in [5, 5.41) is 0. The Balaban J connectivity index is 1.85. The number of nitrogens with zero attached hydrogens (tertiary/aromatic N) is 2. The van der Waals surface area contributed by atoms with Crippen molar-refractivity contribution in [2.24, 2.45) is 0 Å². The van der Waals surface area contributed by atoms with Gasteiger partial charge in [-0.05, 0) is 58.7 Å². The van der Waals surface area contributed by atoms with Gasteiger partial charge in [-0.2, -0.15) is 0 Å². The van der Waals surface area contributed by atoms with Crippen molar-refractivity contribution in [2.45, 2.75) is 52.7 Å². The normalized spacial score (nSPS) is 18.8. The Morgan fingerprint density at radius 1 is 1.26 bits per heavy atom. The SMILES string of the molecule is C/C(=C\N(SI)c1ncc(B2OC(C)(C)C(C)(C)O2)cc1C)c1ccoc1. The highest BCUT2D eigenvalue weighted by atomic mass is 127. The van der Waals surface area contributed by atoms with Crippen LogP contribution in [0.25, 0.3) is 5.57 Å². The lowest BCUT2D eigenvalue weighted by Gasteiger charge is -2.32. The number of anilines is 1. The molecule has 3 heterocycles. The fourth-order valence-corrected chi connectivity index (χ4v) is 4.14. The Kier molecular flexibility index (Phi) is 6.00. The number of hydrogen-bond acceptors (Lipinski definition) is 6. The van der Waals surface area contributed by atoms with Gasteiger partial charge in [-0.3, -0.25) is 4.31 Å². The van der Waals surface area contributed by atoms with Crippen LogP contribution in [0, 0.1) is 6.92 Å². The van der Waals surface area contributed by atoms with E-state index in [4.69, 9.17) is 18.7 Å². The summed E-state index contributed by atoms with van der Waals surface area (Å²) in [4.78, 5) is 4.70. The Labute approximate surface area is 177 Å². The minimum Gasteiger partial charge on any atom is -0.472 e. The maximum atomic E-state index is 6.14. The third-order valence-corrected chi connectivity index (χ3v) is 6.87. The van der Waals surface area contributed by atoms with Crippen LogP contribution in [0.3, 0.4) is 0 Å². The van der Waals surface area contributed by atoms with E-state index in [0.717, 1.165) is 28.0 Å². The highest BCUT2D eigenvalue weighted by molar-refractivity contribution is 14.2. The first-order valence-electron chi connectivity index (χ1n) is 8.76. The molecule has 1 fully saturated rings. The second-order valence-corrected chi connectivity index (χ2v) is 9.43. The molecule has 1 saturated heterocycles. The van der Waals surface area contributed by atoms with Gasteiger partial charge in [-0.15, -0.1) is 0 Å². The van der Waals surface area contributed by atoms with E-state index in [9.17, 15) is 0 Å². The van der Waals surface area contributed by atoms with Gasteiger partial charge in [0.25, 0.3) is 0 Å². The average molecular weight is 498 g/mol. The zero-order chi connectivity index (χ0) is 19.8. The molecule has 27 heavy (non-hydrogen) atoms. The van der Waals surface area contributed by atoms with E-state index in [0.29, 0.717) is 0 Å². The summed E-state index contributed by atoms with van der Waals surface area (Å²) in [6, 6.07) is 4.04. The van der Waals surface area contributed by atoms with Crippen LogP contribution in [-0.4, -0.2) is 23.3 Å². The summed E-state index contributed by atoms with van der Waals surface area (Å²) in [6.07, 6.45) is 7.32. The molecule has 0 aromatic carbocycles. The molecule has 1 aliphatic heterocycles. The molecule has 8 heteroatoms. The largest absolute Gasteiger partial charge is 0.496 e. The summed E-state index contributed by atoms with van der Waals surface area (Å²) in [5.74, 6) is 0.887. The lowest BCUT2D eigenvalue weighted by atomic mass is 9.80. The molecule has 2 aromatic heterocycles. The molecule has 5 nitrogen and oxygen atoms in total. The number of rotatable bonds is 5. The number of pyridine rings is 1. The first-order valence-corrected chi connectivity index (χ1v) is 12.1. The monoisotopic (exact) mass is 498 g/mol. The Morgan fingerprint density at radius 3 is 2.44 bits per heavy atom. The second-order valence-electron chi connectivity index (χ2n) is 7.72. The fraction of sp³-hybridized carbons (Fsp3) is 0.421. The highest BCUT2D eigenvalue weighted by Crippen LogP contribution is 2.37. The summed E-state index contributed by atoms with van der Waals surface area (Å²) in [5.41, 5.74) is 3.42. The van der Waals surface area contributed by atoms with Crippen LogP contribution < -0.4 is 9.77 Å². The van der Waals surface area contributed by atoms with E-state index >= 15 is 0 Å². The van der Waals surface area contributed by atoms with Crippen LogP contribution in [0.1, 0.15) is 45.7 Å². The molecule has 0 aliphatic carbocycles. The van der Waals surface area contributed by atoms with E-state index in [1.54, 1.807) is 21.6 Å². The van der Waals surface area contributed by atoms with E-state index in [-0.39, 0.29) is 11.2 Å². The van der Waals surface area contributed by atoms with Crippen molar-refractivity contribution in [3.8, 4) is 0 Å². The van der Waals surface area contributed by atoms with Crippen LogP contribution in [0.4, 0.5) is 5.82 Å². The topological polar surface area (TPSA) is 47.7 Å². The zero-order valence-corrected chi connectivity index (χ0v) is 19.4. The standard InChI is InChI=1S/C19H24BIN2O3S/c1-13-9-16(20-25-18(3,4)19(5,6)26-20)10-22-17(13)23(27-21)11-14(2)15-7-8-24-12-15/h7-12H,1-6H3/b14-11+. The van der Waals surface area contributed by atoms with Gasteiger partial charge in [0, 0.05) is 53.7 Å². The van der Waals surface area contributed by atoms with E-state index < -0.39 is 7.12 Å². The highest BCUT2D eigenvalue weighted by Gasteiger charge is 2.51. The van der Waals surface area contributed by atoms with Crippen molar-refractivity contribution in [1.82, 2.24) is 4.98 Å². The van der Waals surface area contributed by atoms with E-state index in [2.05, 4.69) is 75.0 Å². The van der Waals surface area contributed by atoms with Crippen molar-refractivity contribution < 1.29 is 13.7 Å². The number of halogens is 1. The molecule has 3 rings (SSSR count). The minimum atomic E-state index is -0.404. The van der Waals surface area contributed by atoms with Gasteiger partial charge in [0.2, 0.25) is 0 Å². The Morgan fingerprint density at radius 2 is 1.93 bits per heavy atom. The van der Waals surface area contributed by atoms with Gasteiger partial charge in [-0.25, -0.2) is 4.98 Å². The lowest BCUT2D eigenvalue weighted by Crippen LogP contribution is -2.41. The molecule has 144 valence electrons. The van der Waals surface area contributed by atoms with Crippen LogP contribution in [0.2, 0.25) is 0 Å². The van der Waals surface area contributed by atoms with Crippen LogP contribution in [0.5, 0.6) is 0 Å². The first-order chi connectivity index (χ1) is 12.6. The van der Waals surface area contributed by atoms with Gasteiger partial charge in [-0.1, -0.05) is 6.07 Å². The minimum absolute atomic E-state index is 0.362. The van der Waals surface area contributed by atoms with E-state index in [1.807, 2.05) is 16.6 Å². The van der Waals surface area contributed by atoms with Gasteiger partial charge in [0.15, 0.2) is 0 Å². The molecule has 0 spiro atoms. The summed E-state index contributed by atoms with van der Waals surface area (Å²) >= 11 is 2.26. The third kappa shape index (κ3) is 4.23. The van der Waals surface area contributed by atoms with Crippen molar-refractivity contribution in [1.29, 1.82) is 0 Å². The lowest BCUT2D eigenvalue weighted by molar-refractivity contribution is 0.00578. The number of aromatic nitrogens is 1. The summed E-state index contributed by atoms with van der Waals surface area (Å²) < 4.78 is 19.5. The predicted octanol–water partition coefficient (Wildman–Crippen LogP) is 5.15. The van der Waals surface area contributed by atoms with Gasteiger partial charge >= 0.3 is 7.12 Å². The third-order valence-electron chi connectivity index (χ3n) is 5.17. The van der Waals surface area contributed by atoms with Crippen LogP contribution in [-0.2, 0) is 9.31 Å². The number of furan rings is 1. The Bertz CT molecular complexity index is 823. The summed E-state index contributed by atoms with van der Waals surface area (Å²) in [7, 11) is 1.17. The van der Waals surface area contributed by atoms with Crippen molar-refractivity contribution in [3.63, 3.8) is 0 Å². The number of hydrogen-bond donors (Lipinski definition) is 0. The van der Waals surface area contributed by atoms with Gasteiger partial charge in [0.1, 0.15) is 5.82 Å². The number of aryl methyl sites for hydroxylation is 1. The van der Waals surface area contributed by atoms with Crippen LogP contribution in [0.15, 0.2) is 41.5 Å². The van der Waals surface area contributed by atoms with E-state index in [1.165, 1.54) is 0 Å². The summed E-state index contributed by atoms with van der Waals surface area (Å²) in [6.45, 7) is 12.3. The maximum absolute atomic E-state index is 6.14. The molecule has 0 N–H and O–H groups in total. The Hall–Kier alpha value is -0.965. The molecule has 0 amide bonds. The molecule has 0 saturated carbocycles. The molecular formula is C19H24BIN2O3S. The van der Waals surface area contributed by atoms with Gasteiger partial charge < -0.3 is 13.7 Å².